The molecule has 3 aromatic rings. The minimum Gasteiger partial charge on any atom is -0.507 e. The van der Waals surface area contributed by atoms with Gasteiger partial charge in [0.25, 0.3) is 0 Å². The fourth-order valence-electron chi connectivity index (χ4n) is 3.56. The maximum absolute atomic E-state index is 12.8. The van der Waals surface area contributed by atoms with Crippen LogP contribution in [0, 0.1) is 0 Å². The highest BCUT2D eigenvalue weighted by Crippen LogP contribution is 2.44. The van der Waals surface area contributed by atoms with E-state index in [9.17, 15) is 50.8 Å². The molecule has 2 heterocycles. The molecule has 0 bridgehead atoms. The number of aliphatic hydroxyl groups excluding tert-OH is 4. The lowest BCUT2D eigenvalue weighted by Gasteiger charge is -2.39. The summed E-state index contributed by atoms with van der Waals surface area (Å²) in [5.41, 5.74) is -1.84. The van der Waals surface area contributed by atoms with Crippen LogP contribution in [0.3, 0.4) is 0 Å². The predicted octanol–water partition coefficient (Wildman–Crippen LogP) is -0.833. The first-order valence-corrected chi connectivity index (χ1v) is 9.79. The van der Waals surface area contributed by atoms with Crippen LogP contribution in [0.5, 0.6) is 34.5 Å². The highest BCUT2D eigenvalue weighted by molar-refractivity contribution is 5.93. The van der Waals surface area contributed by atoms with Crippen LogP contribution in [0.2, 0.25) is 0 Å². The number of aromatic hydroxyl groups is 5. The molecule has 13 heteroatoms. The van der Waals surface area contributed by atoms with E-state index in [-0.39, 0.29) is 5.56 Å². The molecule has 1 aliphatic rings. The molecular weight excluding hydrogens is 460 g/mol. The Labute approximate surface area is 189 Å². The lowest BCUT2D eigenvalue weighted by molar-refractivity contribution is -0.277. The summed E-state index contributed by atoms with van der Waals surface area (Å²) < 4.78 is 16.2. The van der Waals surface area contributed by atoms with Gasteiger partial charge in [-0.3, -0.25) is 4.79 Å². The van der Waals surface area contributed by atoms with Crippen LogP contribution < -0.4 is 10.2 Å². The Morgan fingerprint density at radius 2 is 1.56 bits per heavy atom. The molecule has 4 rings (SSSR count). The molecule has 5 atom stereocenters. The molecule has 0 spiro atoms. The maximum Gasteiger partial charge on any atom is 0.238 e. The topological polar surface area (TPSA) is 231 Å². The van der Waals surface area contributed by atoms with Crippen LogP contribution in [0.1, 0.15) is 0 Å². The smallest absolute Gasteiger partial charge is 0.238 e. The van der Waals surface area contributed by atoms with Gasteiger partial charge in [0, 0.05) is 11.6 Å². The van der Waals surface area contributed by atoms with Crippen molar-refractivity contribution in [1.82, 2.24) is 0 Å². The van der Waals surface area contributed by atoms with Crippen LogP contribution in [-0.2, 0) is 4.74 Å². The largest absolute Gasteiger partial charge is 0.507 e. The van der Waals surface area contributed by atoms with Crippen molar-refractivity contribution < 1.29 is 59.8 Å². The van der Waals surface area contributed by atoms with E-state index in [0.717, 1.165) is 12.1 Å². The lowest BCUT2D eigenvalue weighted by atomic mass is 9.99. The molecule has 0 aliphatic carbocycles. The van der Waals surface area contributed by atoms with Gasteiger partial charge < -0.3 is 59.8 Å². The molecule has 34 heavy (non-hydrogen) atoms. The third-order valence-corrected chi connectivity index (χ3v) is 5.38. The van der Waals surface area contributed by atoms with Crippen molar-refractivity contribution >= 4 is 11.0 Å². The number of rotatable bonds is 4. The standard InChI is InChI=1S/C21H20O13/c22-5-11-13(27)15(29)17(31)21(32-11)34-19-10(26)4-9(25)12-14(28)16(30)18(33-20(12)19)6-1-2-7(23)8(24)3-6/h1-4,11,13,15,17,21-27,29-31H,5H2/t11-,13+,15+,17-,21-/m1/s1. The Hall–Kier alpha value is -3.75. The molecule has 0 radical (unpaired) electrons. The van der Waals surface area contributed by atoms with Crippen LogP contribution in [-0.4, -0.2) is 83.3 Å². The van der Waals surface area contributed by atoms with Crippen molar-refractivity contribution in [3.05, 3.63) is 34.5 Å². The molecule has 2 aromatic carbocycles. The maximum atomic E-state index is 12.8. The van der Waals surface area contributed by atoms with Crippen LogP contribution >= 0.6 is 0 Å². The molecule has 1 aliphatic heterocycles. The number of hydrogen-bond donors (Lipinski definition) is 9. The first-order chi connectivity index (χ1) is 16.0. The summed E-state index contributed by atoms with van der Waals surface area (Å²) in [6, 6.07) is 3.92. The quantitative estimate of drug-likeness (QED) is 0.208. The predicted molar refractivity (Wildman–Crippen MR) is 111 cm³/mol. The lowest BCUT2D eigenvalue weighted by Crippen LogP contribution is -2.60. The summed E-state index contributed by atoms with van der Waals surface area (Å²) in [5.74, 6) is -4.84. The number of phenolic OH excluding ortho intramolecular Hbond substituents is 4. The van der Waals surface area contributed by atoms with Gasteiger partial charge in [0.2, 0.25) is 23.2 Å². The first-order valence-electron chi connectivity index (χ1n) is 9.79. The average Bonchev–Trinajstić information content (AvgIpc) is 2.80. The van der Waals surface area contributed by atoms with Crippen molar-refractivity contribution in [2.24, 2.45) is 0 Å². The molecule has 0 saturated carbocycles. The van der Waals surface area contributed by atoms with E-state index < -0.39 is 94.0 Å². The van der Waals surface area contributed by atoms with Crippen molar-refractivity contribution in [1.29, 1.82) is 0 Å². The average molecular weight is 480 g/mol. The van der Waals surface area contributed by atoms with Gasteiger partial charge >= 0.3 is 0 Å². The highest BCUT2D eigenvalue weighted by atomic mass is 16.7. The van der Waals surface area contributed by atoms with Gasteiger partial charge in [-0.25, -0.2) is 0 Å². The minimum absolute atomic E-state index is 0.0755. The molecule has 0 amide bonds. The summed E-state index contributed by atoms with van der Waals surface area (Å²) in [6.07, 6.45) is -8.50. The van der Waals surface area contributed by atoms with Crippen LogP contribution in [0.15, 0.2) is 33.5 Å². The molecule has 182 valence electrons. The van der Waals surface area contributed by atoms with Gasteiger partial charge in [-0.2, -0.15) is 0 Å². The fourth-order valence-corrected chi connectivity index (χ4v) is 3.56. The van der Waals surface area contributed by atoms with Gasteiger partial charge in [-0.15, -0.1) is 0 Å². The van der Waals surface area contributed by atoms with Gasteiger partial charge in [-0.05, 0) is 18.2 Å². The van der Waals surface area contributed by atoms with Gasteiger partial charge in [-0.1, -0.05) is 0 Å². The number of ether oxygens (including phenoxy) is 2. The van der Waals surface area contributed by atoms with E-state index in [4.69, 9.17) is 13.9 Å². The summed E-state index contributed by atoms with van der Waals surface area (Å²) >= 11 is 0. The van der Waals surface area contributed by atoms with Crippen molar-refractivity contribution in [2.45, 2.75) is 30.7 Å². The molecule has 1 fully saturated rings. The summed E-state index contributed by atoms with van der Waals surface area (Å²) in [5, 5.41) is 89.0. The molecule has 9 N–H and O–H groups in total. The van der Waals surface area contributed by atoms with Crippen molar-refractivity contribution in [2.75, 3.05) is 6.61 Å². The van der Waals surface area contributed by atoms with E-state index in [1.807, 2.05) is 0 Å². The molecule has 0 unspecified atom stereocenters. The fraction of sp³-hybridized carbons (Fsp3) is 0.286. The summed E-state index contributed by atoms with van der Waals surface area (Å²) in [6.45, 7) is -0.759. The Morgan fingerprint density at radius 1 is 0.853 bits per heavy atom. The monoisotopic (exact) mass is 480 g/mol. The van der Waals surface area contributed by atoms with E-state index in [1.165, 1.54) is 6.07 Å². The summed E-state index contributed by atoms with van der Waals surface area (Å²) in [7, 11) is 0. The van der Waals surface area contributed by atoms with E-state index in [1.54, 1.807) is 0 Å². The third-order valence-electron chi connectivity index (χ3n) is 5.38. The van der Waals surface area contributed by atoms with Crippen LogP contribution in [0.4, 0.5) is 0 Å². The zero-order valence-electron chi connectivity index (χ0n) is 17.1. The number of phenols is 4. The van der Waals surface area contributed by atoms with Gasteiger partial charge in [0.05, 0.1) is 6.61 Å². The Bertz CT molecular complexity index is 1300. The second-order valence-electron chi connectivity index (χ2n) is 7.58. The van der Waals surface area contributed by atoms with E-state index >= 15 is 0 Å². The number of aliphatic hydroxyl groups is 4. The Morgan fingerprint density at radius 3 is 2.21 bits per heavy atom. The highest BCUT2D eigenvalue weighted by Gasteiger charge is 2.45. The van der Waals surface area contributed by atoms with Crippen molar-refractivity contribution in [3.63, 3.8) is 0 Å². The second kappa shape index (κ2) is 8.55. The third kappa shape index (κ3) is 3.70. The van der Waals surface area contributed by atoms with Gasteiger partial charge in [0.1, 0.15) is 35.6 Å². The van der Waals surface area contributed by atoms with E-state index in [2.05, 4.69) is 0 Å². The van der Waals surface area contributed by atoms with Gasteiger partial charge in [0.15, 0.2) is 28.6 Å². The van der Waals surface area contributed by atoms with Crippen molar-refractivity contribution in [3.8, 4) is 45.8 Å². The molecule has 1 saturated heterocycles. The molecular formula is C21H20O13. The Kier molecular flexibility index (Phi) is 5.89. The zero-order valence-corrected chi connectivity index (χ0v) is 17.1. The molecule has 13 nitrogen and oxygen atoms in total. The number of hydrogen-bond acceptors (Lipinski definition) is 13. The Balaban J connectivity index is 1.89. The minimum atomic E-state index is -1.88. The molecule has 1 aromatic heterocycles. The number of benzene rings is 2. The SMILES string of the molecule is O=c1c(O)c(-c2ccc(O)c(O)c2)oc2c(O[C@H]3O[C@H](CO)[C@H](O)[C@H](O)[C@H]3O)c(O)cc(O)c12. The van der Waals surface area contributed by atoms with Crippen LogP contribution in [0.25, 0.3) is 22.3 Å². The summed E-state index contributed by atoms with van der Waals surface area (Å²) in [4.78, 5) is 12.8. The first kappa shape index (κ1) is 23.4. The second-order valence-corrected chi connectivity index (χ2v) is 7.58. The number of fused-ring (bicyclic) bond motifs is 1. The zero-order chi connectivity index (χ0) is 24.9. The normalized spacial score (nSPS) is 24.9. The van der Waals surface area contributed by atoms with E-state index in [0.29, 0.717) is 6.07 Å².